The van der Waals surface area contributed by atoms with Gasteiger partial charge in [-0.25, -0.2) is 4.39 Å². The van der Waals surface area contributed by atoms with E-state index >= 15 is 0 Å². The summed E-state index contributed by atoms with van der Waals surface area (Å²) < 4.78 is 13.6. The highest BCUT2D eigenvalue weighted by atomic mass is 32.2. The highest BCUT2D eigenvalue weighted by molar-refractivity contribution is 7.98. The van der Waals surface area contributed by atoms with Crippen LogP contribution in [0.5, 0.6) is 0 Å². The third-order valence-electron chi connectivity index (χ3n) is 3.02. The van der Waals surface area contributed by atoms with Crippen molar-refractivity contribution in [3.05, 3.63) is 69.5 Å². The Labute approximate surface area is 130 Å². The SMILES string of the molecule is CSc1ccc(CNC(=O)c2cc([N+](=O)[O-])ccc2F)cc1. The van der Waals surface area contributed by atoms with E-state index in [4.69, 9.17) is 0 Å². The number of amides is 1. The minimum absolute atomic E-state index is 0.218. The van der Waals surface area contributed by atoms with E-state index in [1.807, 2.05) is 30.5 Å². The van der Waals surface area contributed by atoms with Crippen molar-refractivity contribution in [3.63, 3.8) is 0 Å². The number of halogens is 1. The van der Waals surface area contributed by atoms with E-state index in [2.05, 4.69) is 5.32 Å². The zero-order chi connectivity index (χ0) is 16.1. The van der Waals surface area contributed by atoms with E-state index in [0.717, 1.165) is 28.7 Å². The van der Waals surface area contributed by atoms with Gasteiger partial charge in [0, 0.05) is 23.6 Å². The first kappa shape index (κ1) is 16.0. The average molecular weight is 320 g/mol. The third kappa shape index (κ3) is 3.82. The van der Waals surface area contributed by atoms with Gasteiger partial charge in [-0.1, -0.05) is 12.1 Å². The summed E-state index contributed by atoms with van der Waals surface area (Å²) in [4.78, 5) is 23.1. The average Bonchev–Trinajstić information content (AvgIpc) is 2.53. The van der Waals surface area contributed by atoms with Gasteiger partial charge in [-0.3, -0.25) is 14.9 Å². The molecule has 0 saturated heterocycles. The summed E-state index contributed by atoms with van der Waals surface area (Å²) in [7, 11) is 0. The fourth-order valence-electron chi connectivity index (χ4n) is 1.82. The number of thioether (sulfide) groups is 1. The number of non-ortho nitro benzene ring substituents is 1. The Morgan fingerprint density at radius 3 is 2.55 bits per heavy atom. The quantitative estimate of drug-likeness (QED) is 0.521. The smallest absolute Gasteiger partial charge is 0.270 e. The number of hydrogen-bond donors (Lipinski definition) is 1. The molecule has 2 rings (SSSR count). The lowest BCUT2D eigenvalue weighted by molar-refractivity contribution is -0.384. The number of carbonyl (C=O) groups excluding carboxylic acids is 1. The van der Waals surface area contributed by atoms with Gasteiger partial charge in [0.2, 0.25) is 0 Å². The van der Waals surface area contributed by atoms with Crippen molar-refractivity contribution in [2.24, 2.45) is 0 Å². The first-order valence-corrected chi connectivity index (χ1v) is 7.59. The normalized spacial score (nSPS) is 10.3. The Kier molecular flexibility index (Phi) is 5.11. The Morgan fingerprint density at radius 2 is 1.95 bits per heavy atom. The van der Waals surface area contributed by atoms with Gasteiger partial charge in [0.1, 0.15) is 5.82 Å². The minimum atomic E-state index is -0.791. The number of nitrogens with one attached hydrogen (secondary N) is 1. The van der Waals surface area contributed by atoms with Crippen LogP contribution in [0.1, 0.15) is 15.9 Å². The number of carbonyl (C=O) groups is 1. The molecule has 1 N–H and O–H groups in total. The highest BCUT2D eigenvalue weighted by Crippen LogP contribution is 2.17. The topological polar surface area (TPSA) is 72.2 Å². The van der Waals surface area contributed by atoms with E-state index in [1.165, 1.54) is 0 Å². The van der Waals surface area contributed by atoms with Crippen molar-refractivity contribution < 1.29 is 14.1 Å². The third-order valence-corrected chi connectivity index (χ3v) is 3.76. The fourth-order valence-corrected chi connectivity index (χ4v) is 2.23. The monoisotopic (exact) mass is 320 g/mol. The second-order valence-electron chi connectivity index (χ2n) is 4.45. The van der Waals surface area contributed by atoms with Gasteiger partial charge in [-0.05, 0) is 30.0 Å². The molecule has 7 heteroatoms. The minimum Gasteiger partial charge on any atom is -0.348 e. The standard InChI is InChI=1S/C15H13FN2O3S/c1-22-12-5-2-10(3-6-12)9-17-15(19)13-8-11(18(20)21)4-7-14(13)16/h2-8H,9H2,1H3,(H,17,19). The fraction of sp³-hybridized carbons (Fsp3) is 0.133. The molecule has 0 aliphatic heterocycles. The van der Waals surface area contributed by atoms with E-state index in [1.54, 1.807) is 11.8 Å². The number of benzene rings is 2. The lowest BCUT2D eigenvalue weighted by atomic mass is 10.1. The summed E-state index contributed by atoms with van der Waals surface area (Å²) in [5, 5.41) is 13.2. The molecule has 0 bridgehead atoms. The van der Waals surface area contributed by atoms with Crippen LogP contribution in [0, 0.1) is 15.9 Å². The van der Waals surface area contributed by atoms with Crippen LogP contribution in [-0.2, 0) is 6.54 Å². The molecule has 0 unspecified atom stereocenters. The maximum atomic E-state index is 13.6. The lowest BCUT2D eigenvalue weighted by Crippen LogP contribution is -2.23. The van der Waals surface area contributed by atoms with Crippen LogP contribution in [-0.4, -0.2) is 17.1 Å². The van der Waals surface area contributed by atoms with Crippen LogP contribution in [0.4, 0.5) is 10.1 Å². The molecule has 0 fully saturated rings. The van der Waals surface area contributed by atoms with Crippen molar-refractivity contribution in [2.75, 3.05) is 6.26 Å². The summed E-state index contributed by atoms with van der Waals surface area (Å²) in [6, 6.07) is 10.4. The van der Waals surface area contributed by atoms with Gasteiger partial charge >= 0.3 is 0 Å². The maximum absolute atomic E-state index is 13.6. The van der Waals surface area contributed by atoms with E-state index in [9.17, 15) is 19.3 Å². The summed E-state index contributed by atoms with van der Waals surface area (Å²) in [5.74, 6) is -1.48. The summed E-state index contributed by atoms with van der Waals surface area (Å²) in [5.41, 5.74) is 0.197. The summed E-state index contributed by atoms with van der Waals surface area (Å²) in [6.07, 6.45) is 1.96. The second-order valence-corrected chi connectivity index (χ2v) is 5.33. The molecule has 0 heterocycles. The van der Waals surface area contributed by atoms with Gasteiger partial charge in [0.25, 0.3) is 11.6 Å². The van der Waals surface area contributed by atoms with Crippen molar-refractivity contribution >= 4 is 23.4 Å². The molecule has 0 aliphatic carbocycles. The first-order chi connectivity index (χ1) is 10.5. The molecular weight excluding hydrogens is 307 g/mol. The molecule has 2 aromatic rings. The van der Waals surface area contributed by atoms with Gasteiger partial charge in [0.05, 0.1) is 10.5 Å². The summed E-state index contributed by atoms with van der Waals surface area (Å²) >= 11 is 1.60. The Bertz CT molecular complexity index is 704. The molecule has 1 amide bonds. The summed E-state index contributed by atoms with van der Waals surface area (Å²) in [6.45, 7) is 0.218. The van der Waals surface area contributed by atoms with Crippen LogP contribution in [0.2, 0.25) is 0 Å². The van der Waals surface area contributed by atoms with E-state index in [0.29, 0.717) is 0 Å². The number of nitro groups is 1. The first-order valence-electron chi connectivity index (χ1n) is 6.36. The highest BCUT2D eigenvalue weighted by Gasteiger charge is 2.16. The predicted octanol–water partition coefficient (Wildman–Crippen LogP) is 3.39. The molecule has 0 saturated carbocycles. The van der Waals surface area contributed by atoms with Gasteiger partial charge in [0.15, 0.2) is 0 Å². The predicted molar refractivity (Wildman–Crippen MR) is 82.4 cm³/mol. The van der Waals surface area contributed by atoms with Gasteiger partial charge in [-0.2, -0.15) is 0 Å². The lowest BCUT2D eigenvalue weighted by Gasteiger charge is -2.07. The number of nitrogens with zero attached hydrogens (tertiary/aromatic N) is 1. The Morgan fingerprint density at radius 1 is 1.27 bits per heavy atom. The molecule has 2 aromatic carbocycles. The maximum Gasteiger partial charge on any atom is 0.270 e. The molecule has 0 spiro atoms. The van der Waals surface area contributed by atoms with Crippen molar-refractivity contribution in [2.45, 2.75) is 11.4 Å². The molecule has 0 aliphatic rings. The number of hydrogen-bond acceptors (Lipinski definition) is 4. The Hall–Kier alpha value is -2.41. The van der Waals surface area contributed by atoms with Crippen LogP contribution in [0.15, 0.2) is 47.4 Å². The largest absolute Gasteiger partial charge is 0.348 e. The molecular formula is C15H13FN2O3S. The molecule has 5 nitrogen and oxygen atoms in total. The van der Waals surface area contributed by atoms with Crippen molar-refractivity contribution in [1.29, 1.82) is 0 Å². The van der Waals surface area contributed by atoms with Gasteiger partial charge in [-0.15, -0.1) is 11.8 Å². The van der Waals surface area contributed by atoms with Crippen LogP contribution >= 0.6 is 11.8 Å². The molecule has 0 atom stereocenters. The second kappa shape index (κ2) is 7.04. The van der Waals surface area contributed by atoms with Crippen LogP contribution < -0.4 is 5.32 Å². The van der Waals surface area contributed by atoms with Gasteiger partial charge < -0.3 is 5.32 Å². The zero-order valence-electron chi connectivity index (χ0n) is 11.7. The van der Waals surface area contributed by atoms with E-state index < -0.39 is 16.6 Å². The molecule has 0 aromatic heterocycles. The van der Waals surface area contributed by atoms with E-state index in [-0.39, 0.29) is 17.8 Å². The zero-order valence-corrected chi connectivity index (χ0v) is 12.5. The molecule has 114 valence electrons. The molecule has 0 radical (unpaired) electrons. The van der Waals surface area contributed by atoms with Crippen LogP contribution in [0.3, 0.4) is 0 Å². The number of rotatable bonds is 5. The Balaban J connectivity index is 2.08. The van der Waals surface area contributed by atoms with Crippen LogP contribution in [0.25, 0.3) is 0 Å². The van der Waals surface area contributed by atoms with Crippen molar-refractivity contribution in [3.8, 4) is 0 Å². The number of nitro benzene ring substituents is 1. The van der Waals surface area contributed by atoms with Crippen molar-refractivity contribution in [1.82, 2.24) is 5.32 Å². The molecule has 22 heavy (non-hydrogen) atoms.